The maximum atomic E-state index is 11.7. The number of nitrogens with one attached hydrogen (secondary N) is 1. The molecule has 1 rings (SSSR count). The number of amides is 1. The molecule has 1 saturated heterocycles. The standard InChI is InChI=1S/C12H22N2O3.ClH/c1-8(2)9(3)13-11(15)7-14-6-4-5-10(14)12(16)17;/h8-10H,4-7H2,1-3H3,(H,13,15)(H,16,17);1H/t9?,10-;/m0./s1. The second-order valence-corrected chi connectivity index (χ2v) is 5.07. The van der Waals surface area contributed by atoms with Crippen LogP contribution in [0.1, 0.15) is 33.6 Å². The van der Waals surface area contributed by atoms with Gasteiger partial charge in [-0.05, 0) is 32.2 Å². The van der Waals surface area contributed by atoms with E-state index in [-0.39, 0.29) is 30.9 Å². The Balaban J connectivity index is 0.00000289. The minimum atomic E-state index is -0.827. The van der Waals surface area contributed by atoms with Crippen molar-refractivity contribution in [1.29, 1.82) is 0 Å². The molecule has 1 amide bonds. The summed E-state index contributed by atoms with van der Waals surface area (Å²) in [5.41, 5.74) is 0. The zero-order valence-corrected chi connectivity index (χ0v) is 12.0. The molecule has 1 fully saturated rings. The molecule has 0 aromatic heterocycles. The van der Waals surface area contributed by atoms with Crippen molar-refractivity contribution in [2.24, 2.45) is 5.92 Å². The van der Waals surface area contributed by atoms with Crippen LogP contribution in [0, 0.1) is 5.92 Å². The number of carboxylic acids is 1. The summed E-state index contributed by atoms with van der Waals surface area (Å²) in [5.74, 6) is -0.528. The Labute approximate surface area is 114 Å². The Morgan fingerprint density at radius 1 is 1.39 bits per heavy atom. The third-order valence-electron chi connectivity index (χ3n) is 3.38. The predicted molar refractivity (Wildman–Crippen MR) is 71.9 cm³/mol. The van der Waals surface area contributed by atoms with Gasteiger partial charge < -0.3 is 10.4 Å². The van der Waals surface area contributed by atoms with Crippen LogP contribution in [0.5, 0.6) is 0 Å². The molecule has 18 heavy (non-hydrogen) atoms. The van der Waals surface area contributed by atoms with Gasteiger partial charge >= 0.3 is 5.97 Å². The summed E-state index contributed by atoms with van der Waals surface area (Å²) in [5, 5.41) is 11.9. The highest BCUT2D eigenvalue weighted by molar-refractivity contribution is 5.85. The van der Waals surface area contributed by atoms with Gasteiger partial charge in [-0.3, -0.25) is 14.5 Å². The smallest absolute Gasteiger partial charge is 0.320 e. The van der Waals surface area contributed by atoms with Crippen molar-refractivity contribution >= 4 is 24.3 Å². The minimum Gasteiger partial charge on any atom is -0.480 e. The molecule has 1 aliphatic heterocycles. The topological polar surface area (TPSA) is 69.6 Å². The van der Waals surface area contributed by atoms with Crippen LogP contribution in [-0.2, 0) is 9.59 Å². The van der Waals surface area contributed by atoms with Crippen molar-refractivity contribution < 1.29 is 14.7 Å². The summed E-state index contributed by atoms with van der Waals surface area (Å²) in [6.07, 6.45) is 1.49. The van der Waals surface area contributed by atoms with Crippen LogP contribution in [0.25, 0.3) is 0 Å². The molecular weight excluding hydrogens is 256 g/mol. The first kappa shape index (κ1) is 17.2. The fourth-order valence-electron chi connectivity index (χ4n) is 1.95. The van der Waals surface area contributed by atoms with Gasteiger partial charge in [-0.1, -0.05) is 13.8 Å². The number of carbonyl (C=O) groups is 2. The fourth-order valence-corrected chi connectivity index (χ4v) is 1.95. The number of nitrogens with zero attached hydrogens (tertiary/aromatic N) is 1. The van der Waals surface area contributed by atoms with E-state index < -0.39 is 12.0 Å². The Kier molecular flexibility index (Phi) is 7.25. The van der Waals surface area contributed by atoms with E-state index in [2.05, 4.69) is 5.32 Å². The van der Waals surface area contributed by atoms with Crippen LogP contribution >= 0.6 is 12.4 Å². The van der Waals surface area contributed by atoms with Crippen molar-refractivity contribution in [3.8, 4) is 0 Å². The molecule has 1 aliphatic rings. The van der Waals surface area contributed by atoms with Gasteiger partial charge in [0, 0.05) is 6.04 Å². The normalized spacial score (nSPS) is 21.4. The quantitative estimate of drug-likeness (QED) is 0.791. The van der Waals surface area contributed by atoms with Crippen molar-refractivity contribution in [3.05, 3.63) is 0 Å². The highest BCUT2D eigenvalue weighted by Crippen LogP contribution is 2.16. The molecule has 0 radical (unpaired) electrons. The zero-order chi connectivity index (χ0) is 13.0. The second-order valence-electron chi connectivity index (χ2n) is 5.07. The zero-order valence-electron chi connectivity index (χ0n) is 11.2. The summed E-state index contributed by atoms with van der Waals surface area (Å²) < 4.78 is 0. The van der Waals surface area contributed by atoms with Gasteiger partial charge in [0.2, 0.25) is 5.91 Å². The van der Waals surface area contributed by atoms with Crippen LogP contribution in [0.2, 0.25) is 0 Å². The largest absolute Gasteiger partial charge is 0.480 e. The van der Waals surface area contributed by atoms with E-state index in [1.807, 2.05) is 20.8 Å². The molecule has 0 aromatic rings. The number of likely N-dealkylation sites (tertiary alicyclic amines) is 1. The van der Waals surface area contributed by atoms with E-state index in [1.54, 1.807) is 4.90 Å². The number of halogens is 1. The third-order valence-corrected chi connectivity index (χ3v) is 3.38. The van der Waals surface area contributed by atoms with E-state index >= 15 is 0 Å². The van der Waals surface area contributed by atoms with Crippen LogP contribution in [-0.4, -0.2) is 47.1 Å². The van der Waals surface area contributed by atoms with E-state index in [1.165, 1.54) is 0 Å². The third kappa shape index (κ3) is 4.82. The number of carboxylic acid groups (broad SMARTS) is 1. The van der Waals surface area contributed by atoms with E-state index in [0.717, 1.165) is 6.42 Å². The van der Waals surface area contributed by atoms with Crippen molar-refractivity contribution in [2.45, 2.75) is 45.7 Å². The van der Waals surface area contributed by atoms with Crippen molar-refractivity contribution in [2.75, 3.05) is 13.1 Å². The Morgan fingerprint density at radius 3 is 2.50 bits per heavy atom. The number of hydrogen-bond acceptors (Lipinski definition) is 3. The SMILES string of the molecule is CC(C)C(C)NC(=O)CN1CCC[C@H]1C(=O)O.Cl. The molecule has 106 valence electrons. The Hall–Kier alpha value is -0.810. The maximum absolute atomic E-state index is 11.7. The summed E-state index contributed by atoms with van der Waals surface area (Å²) in [4.78, 5) is 24.4. The predicted octanol–water partition coefficient (Wildman–Crippen LogP) is 1.12. The first-order chi connectivity index (χ1) is 7.91. The van der Waals surface area contributed by atoms with E-state index in [0.29, 0.717) is 18.9 Å². The monoisotopic (exact) mass is 278 g/mol. The summed E-state index contributed by atoms with van der Waals surface area (Å²) in [6, 6.07) is -0.372. The summed E-state index contributed by atoms with van der Waals surface area (Å²) in [7, 11) is 0. The maximum Gasteiger partial charge on any atom is 0.320 e. The average molecular weight is 279 g/mol. The number of aliphatic carboxylic acids is 1. The van der Waals surface area contributed by atoms with Gasteiger partial charge in [0.25, 0.3) is 0 Å². The first-order valence-electron chi connectivity index (χ1n) is 6.18. The van der Waals surface area contributed by atoms with Gasteiger partial charge in [0.1, 0.15) is 6.04 Å². The lowest BCUT2D eigenvalue weighted by Crippen LogP contribution is -2.46. The van der Waals surface area contributed by atoms with Gasteiger partial charge in [0.15, 0.2) is 0 Å². The first-order valence-corrected chi connectivity index (χ1v) is 6.18. The lowest BCUT2D eigenvalue weighted by molar-refractivity contribution is -0.142. The number of carbonyl (C=O) groups excluding carboxylic acids is 1. The molecule has 0 spiro atoms. The average Bonchev–Trinajstić information content (AvgIpc) is 2.65. The molecule has 0 aromatic carbocycles. The van der Waals surface area contributed by atoms with Gasteiger partial charge in [-0.2, -0.15) is 0 Å². The van der Waals surface area contributed by atoms with Crippen LogP contribution in [0.15, 0.2) is 0 Å². The van der Waals surface area contributed by atoms with Crippen molar-refractivity contribution in [3.63, 3.8) is 0 Å². The molecule has 2 atom stereocenters. The molecule has 0 aliphatic carbocycles. The van der Waals surface area contributed by atoms with Gasteiger partial charge in [0.05, 0.1) is 6.54 Å². The van der Waals surface area contributed by atoms with E-state index in [9.17, 15) is 9.59 Å². The molecule has 0 bridgehead atoms. The minimum absolute atomic E-state index is 0. The highest BCUT2D eigenvalue weighted by atomic mass is 35.5. The summed E-state index contributed by atoms with van der Waals surface area (Å²) >= 11 is 0. The molecule has 1 heterocycles. The van der Waals surface area contributed by atoms with Crippen LogP contribution < -0.4 is 5.32 Å². The van der Waals surface area contributed by atoms with Gasteiger partial charge in [-0.15, -0.1) is 12.4 Å². The molecule has 1 unspecified atom stereocenters. The Morgan fingerprint density at radius 2 is 2.00 bits per heavy atom. The highest BCUT2D eigenvalue weighted by Gasteiger charge is 2.31. The lowest BCUT2D eigenvalue weighted by Gasteiger charge is -2.23. The lowest BCUT2D eigenvalue weighted by atomic mass is 10.1. The molecule has 2 N–H and O–H groups in total. The van der Waals surface area contributed by atoms with Crippen molar-refractivity contribution in [1.82, 2.24) is 10.2 Å². The van der Waals surface area contributed by atoms with Gasteiger partial charge in [-0.25, -0.2) is 0 Å². The van der Waals surface area contributed by atoms with E-state index in [4.69, 9.17) is 5.11 Å². The fraction of sp³-hybridized carbons (Fsp3) is 0.833. The molecule has 0 saturated carbocycles. The molecule has 6 heteroatoms. The van der Waals surface area contributed by atoms with Crippen LogP contribution in [0.4, 0.5) is 0 Å². The Bertz CT molecular complexity index is 297. The number of hydrogen-bond donors (Lipinski definition) is 2. The summed E-state index contributed by atoms with van der Waals surface area (Å²) in [6.45, 7) is 6.93. The molecular formula is C12H23ClN2O3. The number of rotatable bonds is 5. The second kappa shape index (κ2) is 7.59. The molecule has 5 nitrogen and oxygen atoms in total. The van der Waals surface area contributed by atoms with Crippen LogP contribution in [0.3, 0.4) is 0 Å².